The second-order valence-corrected chi connectivity index (χ2v) is 11.3. The van der Waals surface area contributed by atoms with E-state index in [-0.39, 0.29) is 21.5 Å². The molecule has 2 N–H and O–H groups in total. The molecule has 0 aromatic heterocycles. The van der Waals surface area contributed by atoms with Crippen LogP contribution in [0.3, 0.4) is 0 Å². The van der Waals surface area contributed by atoms with E-state index >= 15 is 0 Å². The maximum absolute atomic E-state index is 12.8. The molecule has 8 nitrogen and oxygen atoms in total. The predicted molar refractivity (Wildman–Crippen MR) is 119 cm³/mol. The third-order valence-electron chi connectivity index (χ3n) is 4.38. The van der Waals surface area contributed by atoms with Crippen molar-refractivity contribution < 1.29 is 21.6 Å². The van der Waals surface area contributed by atoms with Gasteiger partial charge in [0.05, 0.1) is 27.4 Å². The largest absolute Gasteiger partial charge is 0.322 e. The van der Waals surface area contributed by atoms with E-state index in [4.69, 9.17) is 11.6 Å². The van der Waals surface area contributed by atoms with E-state index in [1.165, 1.54) is 35.6 Å². The molecular weight excluding hydrogens is 450 g/mol. The van der Waals surface area contributed by atoms with Crippen LogP contribution in [0.25, 0.3) is 0 Å². The molecule has 0 heterocycles. The molecule has 0 spiro atoms. The van der Waals surface area contributed by atoms with Crippen molar-refractivity contribution in [1.29, 1.82) is 0 Å². The Morgan fingerprint density at radius 2 is 1.70 bits per heavy atom. The number of sulfonamides is 2. The van der Waals surface area contributed by atoms with Crippen molar-refractivity contribution in [3.05, 3.63) is 52.5 Å². The summed E-state index contributed by atoms with van der Waals surface area (Å²) in [4.78, 5) is 12.7. The number of benzene rings is 2. The molecule has 0 saturated heterocycles. The van der Waals surface area contributed by atoms with Crippen molar-refractivity contribution in [2.24, 2.45) is 0 Å². The van der Waals surface area contributed by atoms with Gasteiger partial charge in [-0.2, -0.15) is 4.31 Å². The summed E-state index contributed by atoms with van der Waals surface area (Å²) in [7, 11) is -5.84. The fourth-order valence-electron chi connectivity index (χ4n) is 2.49. The van der Waals surface area contributed by atoms with E-state index in [0.717, 1.165) is 6.26 Å². The monoisotopic (exact) mass is 473 g/mol. The number of halogens is 1. The minimum Gasteiger partial charge on any atom is -0.322 e. The minimum atomic E-state index is -3.80. The Kier molecular flexibility index (Phi) is 7.18. The number of nitrogens with one attached hydrogen (secondary N) is 2. The quantitative estimate of drug-likeness (QED) is 0.640. The first-order chi connectivity index (χ1) is 13.7. The van der Waals surface area contributed by atoms with E-state index in [9.17, 15) is 21.6 Å². The van der Waals surface area contributed by atoms with Crippen molar-refractivity contribution in [3.63, 3.8) is 0 Å². The van der Waals surface area contributed by atoms with Crippen LogP contribution in [-0.4, -0.2) is 46.4 Å². The molecule has 11 heteroatoms. The summed E-state index contributed by atoms with van der Waals surface area (Å²) in [6, 6.07) is 8.35. The van der Waals surface area contributed by atoms with Gasteiger partial charge in [0.15, 0.2) is 0 Å². The van der Waals surface area contributed by atoms with Crippen LogP contribution in [0, 0.1) is 6.92 Å². The average Bonchev–Trinajstić information content (AvgIpc) is 2.62. The van der Waals surface area contributed by atoms with Crippen molar-refractivity contribution >= 4 is 48.9 Å². The van der Waals surface area contributed by atoms with Crippen LogP contribution in [-0.2, 0) is 20.0 Å². The maximum Gasteiger partial charge on any atom is 0.257 e. The highest BCUT2D eigenvalue weighted by molar-refractivity contribution is 7.92. The Bertz CT molecular complexity index is 1180. The molecule has 1 amide bonds. The second-order valence-electron chi connectivity index (χ2n) is 7.11. The van der Waals surface area contributed by atoms with Crippen molar-refractivity contribution in [1.82, 2.24) is 4.31 Å². The summed E-state index contributed by atoms with van der Waals surface area (Å²) in [5, 5.41) is 2.70. The zero-order chi connectivity index (χ0) is 22.9. The van der Waals surface area contributed by atoms with Crippen LogP contribution in [0.5, 0.6) is 0 Å². The normalized spacial score (nSPS) is 12.3. The fourth-order valence-corrected chi connectivity index (χ4v) is 4.71. The van der Waals surface area contributed by atoms with E-state index in [0.29, 0.717) is 16.9 Å². The molecule has 0 fully saturated rings. The highest BCUT2D eigenvalue weighted by Crippen LogP contribution is 2.26. The van der Waals surface area contributed by atoms with Crippen molar-refractivity contribution in [2.75, 3.05) is 23.3 Å². The Balaban J connectivity index is 2.38. The molecule has 2 rings (SSSR count). The Labute approximate surface area is 182 Å². The van der Waals surface area contributed by atoms with Crippen LogP contribution in [0.1, 0.15) is 29.8 Å². The van der Waals surface area contributed by atoms with Gasteiger partial charge in [0.1, 0.15) is 0 Å². The second kappa shape index (κ2) is 8.93. The molecule has 30 heavy (non-hydrogen) atoms. The Morgan fingerprint density at radius 1 is 1.07 bits per heavy atom. The van der Waals surface area contributed by atoms with Crippen LogP contribution in [0.4, 0.5) is 11.4 Å². The highest BCUT2D eigenvalue weighted by Gasteiger charge is 2.25. The number of hydrogen-bond donors (Lipinski definition) is 2. The Hall–Kier alpha value is -2.14. The van der Waals surface area contributed by atoms with Gasteiger partial charge in [0, 0.05) is 18.8 Å². The number of carbonyl (C=O) groups excluding carboxylic acids is 1. The molecule has 0 atom stereocenters. The van der Waals surface area contributed by atoms with Gasteiger partial charge in [-0.1, -0.05) is 17.7 Å². The first kappa shape index (κ1) is 24.1. The number of anilines is 2. The van der Waals surface area contributed by atoms with Crippen LogP contribution in [0.2, 0.25) is 5.02 Å². The standard InChI is InChI=1S/C19H24ClN3O5S2/c1-12(2)23(4)30(27,28)15-8-9-17(20)16(11-15)19(24)21-14-7-6-13(3)18(10-14)22-29(5,25)26/h6-12,22H,1-5H3,(H,21,24). The van der Waals surface area contributed by atoms with Gasteiger partial charge in [-0.25, -0.2) is 16.8 Å². The average molecular weight is 474 g/mol. The third-order valence-corrected chi connectivity index (χ3v) is 7.33. The molecule has 0 aliphatic carbocycles. The lowest BCUT2D eigenvalue weighted by Crippen LogP contribution is -2.33. The minimum absolute atomic E-state index is 0.0203. The van der Waals surface area contributed by atoms with Gasteiger partial charge in [-0.05, 0) is 56.7 Å². The predicted octanol–water partition coefficient (Wildman–Crippen LogP) is 3.30. The van der Waals surface area contributed by atoms with Crippen molar-refractivity contribution in [3.8, 4) is 0 Å². The van der Waals surface area contributed by atoms with E-state index < -0.39 is 26.0 Å². The summed E-state index contributed by atoms with van der Waals surface area (Å²) in [5.74, 6) is -0.626. The zero-order valence-electron chi connectivity index (χ0n) is 17.2. The molecule has 0 bridgehead atoms. The lowest BCUT2D eigenvalue weighted by atomic mass is 10.1. The molecule has 164 valence electrons. The number of carbonyl (C=O) groups is 1. The molecule has 2 aromatic carbocycles. The van der Waals surface area contributed by atoms with Gasteiger partial charge in [-0.3, -0.25) is 9.52 Å². The summed E-state index contributed by atoms with van der Waals surface area (Å²) in [6.07, 6.45) is 1.03. The number of rotatable bonds is 7. The summed E-state index contributed by atoms with van der Waals surface area (Å²) >= 11 is 6.13. The molecule has 0 unspecified atom stereocenters. The van der Waals surface area contributed by atoms with Gasteiger partial charge >= 0.3 is 0 Å². The van der Waals surface area contributed by atoms with E-state index in [1.54, 1.807) is 32.9 Å². The first-order valence-electron chi connectivity index (χ1n) is 8.90. The summed E-state index contributed by atoms with van der Waals surface area (Å²) < 4.78 is 52.0. The number of nitrogens with zero attached hydrogens (tertiary/aromatic N) is 1. The highest BCUT2D eigenvalue weighted by atomic mass is 35.5. The van der Waals surface area contributed by atoms with E-state index in [1.807, 2.05) is 0 Å². The lowest BCUT2D eigenvalue weighted by Gasteiger charge is -2.21. The molecule has 2 aromatic rings. The third kappa shape index (κ3) is 5.72. The molecular formula is C19H24ClN3O5S2. The van der Waals surface area contributed by atoms with Gasteiger partial charge in [0.2, 0.25) is 20.0 Å². The van der Waals surface area contributed by atoms with Gasteiger partial charge in [-0.15, -0.1) is 0 Å². The zero-order valence-corrected chi connectivity index (χ0v) is 19.6. The van der Waals surface area contributed by atoms with Gasteiger partial charge < -0.3 is 5.32 Å². The van der Waals surface area contributed by atoms with Gasteiger partial charge in [0.25, 0.3) is 5.91 Å². The topological polar surface area (TPSA) is 113 Å². The number of hydrogen-bond acceptors (Lipinski definition) is 5. The molecule has 0 aliphatic heterocycles. The molecule has 0 radical (unpaired) electrons. The van der Waals surface area contributed by atoms with Crippen LogP contribution in [0.15, 0.2) is 41.3 Å². The SMILES string of the molecule is Cc1ccc(NC(=O)c2cc(S(=O)(=O)N(C)C(C)C)ccc2Cl)cc1NS(C)(=O)=O. The number of amides is 1. The summed E-state index contributed by atoms with van der Waals surface area (Å²) in [5.41, 5.74) is 1.28. The molecule has 0 saturated carbocycles. The van der Waals surface area contributed by atoms with E-state index in [2.05, 4.69) is 10.0 Å². The molecule has 0 aliphatic rings. The lowest BCUT2D eigenvalue weighted by molar-refractivity contribution is 0.102. The fraction of sp³-hybridized carbons (Fsp3) is 0.316. The smallest absolute Gasteiger partial charge is 0.257 e. The number of aryl methyl sites for hydroxylation is 1. The van der Waals surface area contributed by atoms with Crippen molar-refractivity contribution in [2.45, 2.75) is 31.7 Å². The Morgan fingerprint density at radius 3 is 2.27 bits per heavy atom. The first-order valence-corrected chi connectivity index (χ1v) is 12.6. The maximum atomic E-state index is 12.8. The van der Waals surface area contributed by atoms with Crippen LogP contribution >= 0.6 is 11.6 Å². The summed E-state index contributed by atoms with van der Waals surface area (Å²) in [6.45, 7) is 5.19. The van der Waals surface area contributed by atoms with Crippen LogP contribution < -0.4 is 10.0 Å².